The first-order valence-corrected chi connectivity index (χ1v) is 30.0. The molecule has 2 aliphatic heterocycles. The van der Waals surface area contributed by atoms with Gasteiger partial charge in [0, 0.05) is 112 Å². The number of benzene rings is 4. The molecule has 0 spiro atoms. The Morgan fingerprint density at radius 2 is 0.878 bits per heavy atom. The number of anilines is 2. The number of ether oxygens (including phenoxy) is 3. The number of pyridine rings is 2. The van der Waals surface area contributed by atoms with Gasteiger partial charge in [0.25, 0.3) is 11.8 Å². The first-order valence-electron chi connectivity index (χ1n) is 30.0. The molecule has 0 saturated carbocycles. The number of carbonyl (C=O) groups excluding carboxylic acids is 5. The molecule has 8 aromatic rings. The van der Waals surface area contributed by atoms with Crippen molar-refractivity contribution >= 4 is 69.4 Å². The van der Waals surface area contributed by atoms with Crippen molar-refractivity contribution in [2.45, 2.75) is 118 Å². The number of nitrogens with one attached hydrogen (secondary N) is 2. The molecule has 4 aromatic heterocycles. The van der Waals surface area contributed by atoms with E-state index in [1.165, 1.54) is 0 Å². The predicted octanol–water partition coefficient (Wildman–Crippen LogP) is 12.4. The SMILES string of the molecule is CC(C)(C)OC(=O)N1CCN(Cc2ccc(-c3ccc4c(c(C(=O)Nc5ccncc5)nn4C(=O)O)c3C(C)(C)C)cc2)CC1.CC(C)(C)OC(=O)N1CCN(Cc2ccc(-c3ccc4c(c3)c(C(=O)Nc3ccncc3)nn4C(=O)OC(C)(C)C)cc2)CC1. The quantitative estimate of drug-likeness (QED) is 0.108. The lowest BCUT2D eigenvalue weighted by molar-refractivity contribution is 0.0129. The fourth-order valence-electron chi connectivity index (χ4n) is 10.6. The standard InChI is InChI=1S/2C34H40N6O5/c1-33(2,3)44-31(42)39-19-17-38(18-20-39)22-23-7-9-24(10-8-23)25-11-12-28-27(21-25)29(30(41)36-26-13-15-35-16-14-26)37-40(28)32(43)45-34(4,5)6;1-33(2,3)28-25(11-12-26-27(28)29(37-40(26)31(42)43)30(41)36-24-13-15-35-16-14-24)23-9-7-22(8-10-23)21-38-17-19-39(20-18-38)32(44)45-34(4,5)6/h7-16,21H,17-20,22H2,1-6H3,(H,35,36,41);7-16H,17-21H2,1-6H3,(H,42,43)(H,35,36,41). The van der Waals surface area contributed by atoms with Crippen LogP contribution in [0.1, 0.15) is 121 Å². The molecule has 90 heavy (non-hydrogen) atoms. The first-order chi connectivity index (χ1) is 42.5. The summed E-state index contributed by atoms with van der Waals surface area (Å²) in [4.78, 5) is 93.0. The van der Waals surface area contributed by atoms with Crippen LogP contribution in [-0.2, 0) is 32.7 Å². The summed E-state index contributed by atoms with van der Waals surface area (Å²) in [6.45, 7) is 29.7. The van der Waals surface area contributed by atoms with Crippen LogP contribution in [0.3, 0.4) is 0 Å². The second-order valence-electron chi connectivity index (χ2n) is 26.4. The van der Waals surface area contributed by atoms with Crippen molar-refractivity contribution in [3.8, 4) is 22.3 Å². The number of aromatic nitrogens is 6. The molecular weight excluding hydrogens is 1140 g/mol. The van der Waals surface area contributed by atoms with Crippen molar-refractivity contribution < 1.29 is 48.1 Å². The van der Waals surface area contributed by atoms with Gasteiger partial charge in [0.2, 0.25) is 0 Å². The summed E-state index contributed by atoms with van der Waals surface area (Å²) in [5.74, 6) is -0.955. The van der Waals surface area contributed by atoms with Gasteiger partial charge in [-0.15, -0.1) is 0 Å². The number of fused-ring (bicyclic) bond motifs is 2. The molecule has 22 nitrogen and oxygen atoms in total. The van der Waals surface area contributed by atoms with Crippen molar-refractivity contribution in [2.24, 2.45) is 0 Å². The van der Waals surface area contributed by atoms with Crippen molar-refractivity contribution in [1.82, 2.24) is 49.1 Å². The number of nitrogens with zero attached hydrogens (tertiary/aromatic N) is 10. The van der Waals surface area contributed by atoms with E-state index in [4.69, 9.17) is 14.2 Å². The summed E-state index contributed by atoms with van der Waals surface area (Å²) in [7, 11) is 0. The zero-order valence-corrected chi connectivity index (χ0v) is 53.3. The number of hydrogen-bond acceptors (Lipinski definition) is 15. The molecule has 6 heterocycles. The summed E-state index contributed by atoms with van der Waals surface area (Å²) in [5, 5.41) is 25.3. The van der Waals surface area contributed by atoms with E-state index in [1.807, 2.05) is 92.6 Å². The van der Waals surface area contributed by atoms with Gasteiger partial charge >= 0.3 is 24.4 Å². The third-order valence-electron chi connectivity index (χ3n) is 14.7. The number of amides is 4. The zero-order chi connectivity index (χ0) is 64.9. The Hall–Kier alpha value is -9.54. The fraction of sp³-hybridized carbons (Fsp3) is 0.382. The average molecular weight is 1230 g/mol. The van der Waals surface area contributed by atoms with Crippen molar-refractivity contribution in [3.63, 3.8) is 0 Å². The summed E-state index contributed by atoms with van der Waals surface area (Å²) >= 11 is 0. The molecule has 0 radical (unpaired) electrons. The Balaban J connectivity index is 0.000000213. The molecule has 3 N–H and O–H groups in total. The van der Waals surface area contributed by atoms with E-state index in [1.54, 1.807) is 91.8 Å². The Morgan fingerprint density at radius 1 is 0.467 bits per heavy atom. The molecule has 0 unspecified atom stereocenters. The van der Waals surface area contributed by atoms with Crippen LogP contribution < -0.4 is 10.6 Å². The van der Waals surface area contributed by atoms with Gasteiger partial charge < -0.3 is 39.8 Å². The van der Waals surface area contributed by atoms with Gasteiger partial charge in [-0.1, -0.05) is 81.4 Å². The van der Waals surface area contributed by atoms with Crippen LogP contribution in [0.5, 0.6) is 0 Å². The van der Waals surface area contributed by atoms with Gasteiger partial charge in [-0.3, -0.25) is 29.4 Å². The van der Waals surface area contributed by atoms with Gasteiger partial charge in [0.15, 0.2) is 11.4 Å². The lowest BCUT2D eigenvalue weighted by atomic mass is 9.79. The highest BCUT2D eigenvalue weighted by Crippen LogP contribution is 2.41. The summed E-state index contributed by atoms with van der Waals surface area (Å²) < 4.78 is 18.6. The van der Waals surface area contributed by atoms with Gasteiger partial charge in [0.1, 0.15) is 16.8 Å². The molecule has 2 fully saturated rings. The van der Waals surface area contributed by atoms with Crippen LogP contribution in [0.25, 0.3) is 44.1 Å². The number of carboxylic acid groups (broad SMARTS) is 1. The number of hydrogen-bond donors (Lipinski definition) is 3. The molecule has 22 heteroatoms. The van der Waals surface area contributed by atoms with Gasteiger partial charge in [0.05, 0.1) is 11.0 Å². The van der Waals surface area contributed by atoms with Crippen LogP contribution in [-0.4, -0.2) is 160 Å². The third-order valence-corrected chi connectivity index (χ3v) is 14.7. The van der Waals surface area contributed by atoms with Gasteiger partial charge in [-0.2, -0.15) is 19.6 Å². The molecule has 4 amide bonds. The predicted molar refractivity (Wildman–Crippen MR) is 345 cm³/mol. The number of piperazine rings is 2. The van der Waals surface area contributed by atoms with Gasteiger partial charge in [-0.25, -0.2) is 19.2 Å². The molecule has 10 rings (SSSR count). The van der Waals surface area contributed by atoms with E-state index in [2.05, 4.69) is 77.0 Å². The number of carbonyl (C=O) groups is 6. The Kier molecular flexibility index (Phi) is 19.2. The summed E-state index contributed by atoms with van der Waals surface area (Å²) in [5.41, 5.74) is 6.65. The van der Waals surface area contributed by atoms with E-state index in [-0.39, 0.29) is 23.6 Å². The van der Waals surface area contributed by atoms with E-state index in [0.29, 0.717) is 59.4 Å². The largest absolute Gasteiger partial charge is 0.463 e. The van der Waals surface area contributed by atoms with E-state index in [0.717, 1.165) is 87.6 Å². The summed E-state index contributed by atoms with van der Waals surface area (Å²) in [6, 6.07) is 32.4. The van der Waals surface area contributed by atoms with Crippen molar-refractivity contribution in [2.75, 3.05) is 63.0 Å². The fourth-order valence-corrected chi connectivity index (χ4v) is 10.6. The highest BCUT2D eigenvalue weighted by atomic mass is 16.6. The Morgan fingerprint density at radius 3 is 1.32 bits per heavy atom. The van der Waals surface area contributed by atoms with Gasteiger partial charge in [-0.05, 0) is 149 Å². The minimum absolute atomic E-state index is 0.0399. The topological polar surface area (TPSA) is 249 Å². The maximum absolute atomic E-state index is 13.5. The molecule has 472 valence electrons. The molecule has 2 aliphatic rings. The molecule has 4 aromatic carbocycles. The van der Waals surface area contributed by atoms with Crippen molar-refractivity contribution in [1.29, 1.82) is 0 Å². The smallest absolute Gasteiger partial charge is 0.435 e. The zero-order valence-electron chi connectivity index (χ0n) is 53.3. The number of rotatable bonds is 10. The highest BCUT2D eigenvalue weighted by molar-refractivity contribution is 6.15. The summed E-state index contributed by atoms with van der Waals surface area (Å²) in [6.07, 6.45) is 3.82. The van der Waals surface area contributed by atoms with Crippen LogP contribution >= 0.6 is 0 Å². The Labute approximate surface area is 524 Å². The van der Waals surface area contributed by atoms with E-state index < -0.39 is 46.2 Å². The minimum Gasteiger partial charge on any atom is -0.463 e. The highest BCUT2D eigenvalue weighted by Gasteiger charge is 2.32. The van der Waals surface area contributed by atoms with Crippen LogP contribution in [0.15, 0.2) is 128 Å². The lowest BCUT2D eigenvalue weighted by Crippen LogP contribution is -2.49. The second-order valence-corrected chi connectivity index (χ2v) is 26.4. The van der Waals surface area contributed by atoms with Crippen LogP contribution in [0, 0.1) is 0 Å². The molecular formula is C68H80N12O10. The second kappa shape index (κ2) is 26.7. The maximum Gasteiger partial charge on any atom is 0.435 e. The first kappa shape index (κ1) is 64.9. The van der Waals surface area contributed by atoms with Crippen molar-refractivity contribution in [3.05, 3.63) is 156 Å². The monoisotopic (exact) mass is 1220 g/mol. The molecule has 0 atom stereocenters. The van der Waals surface area contributed by atoms with Crippen LogP contribution in [0.2, 0.25) is 0 Å². The lowest BCUT2D eigenvalue weighted by Gasteiger charge is -2.35. The molecule has 2 saturated heterocycles. The Bertz CT molecular complexity index is 3900. The third kappa shape index (κ3) is 16.4. The minimum atomic E-state index is -1.27. The van der Waals surface area contributed by atoms with Crippen LogP contribution in [0.4, 0.5) is 30.6 Å². The molecule has 0 bridgehead atoms. The molecule has 0 aliphatic carbocycles. The van der Waals surface area contributed by atoms with E-state index >= 15 is 0 Å². The maximum atomic E-state index is 13.5. The average Bonchev–Trinajstić information content (AvgIpc) is 1.54. The van der Waals surface area contributed by atoms with E-state index in [9.17, 15) is 33.9 Å². The normalized spacial score (nSPS) is 14.4.